The molecule has 7 heteroatoms. The molecule has 28 heavy (non-hydrogen) atoms. The molecule has 0 saturated heterocycles. The third kappa shape index (κ3) is 7.66. The molecule has 3 rings (SSSR count). The van der Waals surface area contributed by atoms with E-state index in [0.717, 1.165) is 22.7 Å². The average Bonchev–Trinajstić information content (AvgIpc) is 3.22. The minimum Gasteiger partial charge on any atom is -0.508 e. The zero-order valence-electron chi connectivity index (χ0n) is 15.7. The van der Waals surface area contributed by atoms with Crippen LogP contribution >= 0.6 is 11.8 Å². The van der Waals surface area contributed by atoms with E-state index in [0.29, 0.717) is 12.1 Å². The van der Waals surface area contributed by atoms with Crippen LogP contribution in [0.15, 0.2) is 53.5 Å². The molecule has 5 N–H and O–H groups in total. The Kier molecular flexibility index (Phi) is 12.5. The van der Waals surface area contributed by atoms with Crippen LogP contribution in [0.3, 0.4) is 0 Å². The Hall–Kier alpha value is -3.08. The van der Waals surface area contributed by atoms with Crippen LogP contribution in [0.5, 0.6) is 5.75 Å². The van der Waals surface area contributed by atoms with Gasteiger partial charge < -0.3 is 21.4 Å². The van der Waals surface area contributed by atoms with Crippen LogP contribution in [0.25, 0.3) is 0 Å². The number of phenols is 1. The fourth-order valence-electron chi connectivity index (χ4n) is 2.17. The number of primary amides is 1. The van der Waals surface area contributed by atoms with Crippen LogP contribution in [-0.2, 0) is 4.79 Å². The summed E-state index contributed by atoms with van der Waals surface area (Å²) in [6.45, 7) is 5.36. The summed E-state index contributed by atoms with van der Waals surface area (Å²) in [7, 11) is 0. The van der Waals surface area contributed by atoms with Gasteiger partial charge in [0.05, 0.1) is 16.8 Å². The quantitative estimate of drug-likeness (QED) is 0.686. The Balaban J connectivity index is 0.000000930. The molecule has 6 nitrogen and oxygen atoms in total. The summed E-state index contributed by atoms with van der Waals surface area (Å²) < 4.78 is 0. The molecular weight excluding hydrogens is 374 g/mol. The van der Waals surface area contributed by atoms with Crippen molar-refractivity contribution in [2.45, 2.75) is 12.2 Å². The smallest absolute Gasteiger partial charge is 0.248 e. The van der Waals surface area contributed by atoms with Crippen molar-refractivity contribution in [2.24, 2.45) is 16.5 Å². The van der Waals surface area contributed by atoms with Crippen LogP contribution in [0.1, 0.15) is 33.7 Å². The van der Waals surface area contributed by atoms with Crippen LogP contribution in [-0.4, -0.2) is 35.9 Å². The number of nitrogens with zero attached hydrogens (tertiary/aromatic N) is 1. The second-order valence-corrected chi connectivity index (χ2v) is 6.39. The molecule has 148 valence electrons. The van der Waals surface area contributed by atoms with Gasteiger partial charge in [-0.1, -0.05) is 30.8 Å². The topological polar surface area (TPSA) is 119 Å². The first-order valence-electron chi connectivity index (χ1n) is 8.27. The molecule has 1 atom stereocenters. The summed E-state index contributed by atoms with van der Waals surface area (Å²) in [6, 6.07) is 14.4. The van der Waals surface area contributed by atoms with E-state index in [-0.39, 0.29) is 11.0 Å². The Morgan fingerprint density at radius 2 is 1.68 bits per heavy atom. The van der Waals surface area contributed by atoms with Crippen molar-refractivity contribution in [3.63, 3.8) is 0 Å². The van der Waals surface area contributed by atoms with Gasteiger partial charge in [0.2, 0.25) is 5.91 Å². The first-order valence-corrected chi connectivity index (χ1v) is 9.15. The van der Waals surface area contributed by atoms with Gasteiger partial charge in [-0.15, -0.1) is 12.8 Å². The molecule has 1 aliphatic rings. The first-order chi connectivity index (χ1) is 13.5. The van der Waals surface area contributed by atoms with Gasteiger partial charge in [0.1, 0.15) is 12.5 Å². The molecular formula is C21H25N3O3S. The number of phenolic OH excluding ortho intramolecular Hbond substituents is 1. The lowest BCUT2D eigenvalue weighted by Gasteiger charge is -2.09. The van der Waals surface area contributed by atoms with E-state index in [1.807, 2.05) is 38.0 Å². The number of benzene rings is 2. The Morgan fingerprint density at radius 1 is 1.18 bits per heavy atom. The Bertz CT molecular complexity index is 772. The minimum absolute atomic E-state index is 0.246. The molecule has 0 aliphatic carbocycles. The SMILES string of the molecule is C#C.C=O.CCN.NC(=O)c1ccc(C2CN=C(c3ccc(O)cc3)S2)cc1. The number of hydrogen-bond donors (Lipinski definition) is 3. The zero-order chi connectivity index (χ0) is 21.5. The number of aliphatic imine (C=N–C) groups is 1. The molecule has 0 radical (unpaired) electrons. The maximum Gasteiger partial charge on any atom is 0.248 e. The molecule has 1 heterocycles. The fourth-order valence-corrected chi connectivity index (χ4v) is 3.31. The predicted molar refractivity (Wildman–Crippen MR) is 117 cm³/mol. The fraction of sp³-hybridized carbons (Fsp3) is 0.190. The summed E-state index contributed by atoms with van der Waals surface area (Å²) in [5.41, 5.74) is 12.7. The zero-order valence-corrected chi connectivity index (χ0v) is 16.6. The molecule has 0 fully saturated rings. The maximum absolute atomic E-state index is 11.1. The predicted octanol–water partition coefficient (Wildman–Crippen LogP) is 2.76. The highest BCUT2D eigenvalue weighted by molar-refractivity contribution is 8.14. The van der Waals surface area contributed by atoms with Crippen molar-refractivity contribution in [3.05, 3.63) is 65.2 Å². The number of aromatic hydroxyl groups is 1. The van der Waals surface area contributed by atoms with E-state index < -0.39 is 5.91 Å². The highest BCUT2D eigenvalue weighted by Gasteiger charge is 2.22. The van der Waals surface area contributed by atoms with Crippen molar-refractivity contribution in [1.29, 1.82) is 0 Å². The Labute approximate surface area is 170 Å². The summed E-state index contributed by atoms with van der Waals surface area (Å²) in [4.78, 5) is 23.6. The minimum atomic E-state index is -0.415. The van der Waals surface area contributed by atoms with Crippen molar-refractivity contribution >= 4 is 29.5 Å². The van der Waals surface area contributed by atoms with Gasteiger partial charge in [-0.25, -0.2) is 0 Å². The molecule has 1 unspecified atom stereocenters. The maximum atomic E-state index is 11.1. The number of terminal acetylenes is 1. The lowest BCUT2D eigenvalue weighted by molar-refractivity contribution is -0.0980. The first kappa shape index (κ1) is 24.9. The molecule has 2 aromatic rings. The second-order valence-electron chi connectivity index (χ2n) is 5.19. The van der Waals surface area contributed by atoms with Gasteiger partial charge in [-0.3, -0.25) is 9.79 Å². The van der Waals surface area contributed by atoms with E-state index in [2.05, 4.69) is 17.8 Å². The molecule has 1 aliphatic heterocycles. The summed E-state index contributed by atoms with van der Waals surface area (Å²) >= 11 is 1.69. The van der Waals surface area contributed by atoms with Gasteiger partial charge in [0.25, 0.3) is 0 Å². The van der Waals surface area contributed by atoms with Gasteiger partial charge >= 0.3 is 0 Å². The molecule has 2 aromatic carbocycles. The van der Waals surface area contributed by atoms with E-state index in [4.69, 9.17) is 16.3 Å². The van der Waals surface area contributed by atoms with Crippen molar-refractivity contribution in [1.82, 2.24) is 0 Å². The number of hydrogen-bond acceptors (Lipinski definition) is 6. The van der Waals surface area contributed by atoms with Crippen LogP contribution in [0.2, 0.25) is 0 Å². The largest absolute Gasteiger partial charge is 0.508 e. The molecule has 0 saturated carbocycles. The van der Waals surface area contributed by atoms with E-state index in [1.54, 1.807) is 36.0 Å². The number of carbonyl (C=O) groups is 2. The number of rotatable bonds is 3. The molecule has 0 spiro atoms. The van der Waals surface area contributed by atoms with Crippen LogP contribution < -0.4 is 11.5 Å². The standard InChI is InChI=1S/C16H14N2O2S.C2H7N.C2H2.CH2O/c17-15(20)11-3-1-10(2-4-11)14-9-18-16(21-14)12-5-7-13(19)8-6-12;1-2-3;2*1-2/h1-8,14,19H,9H2,(H2,17,20);2-3H2,1H3;1-2H;1H2. The van der Waals surface area contributed by atoms with Gasteiger partial charge in [-0.05, 0) is 48.5 Å². The third-order valence-electron chi connectivity index (χ3n) is 3.34. The van der Waals surface area contributed by atoms with Crippen molar-refractivity contribution in [3.8, 4) is 18.6 Å². The Morgan fingerprint density at radius 3 is 2.14 bits per heavy atom. The highest BCUT2D eigenvalue weighted by Crippen LogP contribution is 2.37. The number of thioether (sulfide) groups is 1. The highest BCUT2D eigenvalue weighted by atomic mass is 32.2. The van der Waals surface area contributed by atoms with Crippen molar-refractivity contribution < 1.29 is 14.7 Å². The monoisotopic (exact) mass is 399 g/mol. The van der Waals surface area contributed by atoms with E-state index in [9.17, 15) is 9.90 Å². The van der Waals surface area contributed by atoms with Gasteiger partial charge in [0.15, 0.2) is 0 Å². The lowest BCUT2D eigenvalue weighted by Crippen LogP contribution is -2.10. The van der Waals surface area contributed by atoms with Crippen molar-refractivity contribution in [2.75, 3.05) is 13.1 Å². The van der Waals surface area contributed by atoms with E-state index >= 15 is 0 Å². The second kappa shape index (κ2) is 14.0. The van der Waals surface area contributed by atoms with Gasteiger partial charge in [-0.2, -0.15) is 0 Å². The van der Waals surface area contributed by atoms with E-state index in [1.165, 1.54) is 0 Å². The molecule has 0 aromatic heterocycles. The van der Waals surface area contributed by atoms with Crippen LogP contribution in [0, 0.1) is 12.8 Å². The average molecular weight is 400 g/mol. The number of nitrogens with two attached hydrogens (primary N) is 2. The number of carbonyl (C=O) groups excluding carboxylic acids is 2. The summed E-state index contributed by atoms with van der Waals surface area (Å²) in [5, 5.41) is 10.5. The number of amides is 1. The normalized spacial score (nSPS) is 14.0. The lowest BCUT2D eigenvalue weighted by atomic mass is 10.1. The molecule has 0 bridgehead atoms. The summed E-state index contributed by atoms with van der Waals surface area (Å²) in [5.74, 6) is -0.164. The third-order valence-corrected chi connectivity index (χ3v) is 4.63. The van der Waals surface area contributed by atoms with Gasteiger partial charge in [0, 0.05) is 11.1 Å². The summed E-state index contributed by atoms with van der Waals surface area (Å²) in [6.07, 6.45) is 8.00. The molecule has 1 amide bonds. The van der Waals surface area contributed by atoms with Crippen LogP contribution in [0.4, 0.5) is 0 Å².